The maximum Gasteiger partial charge on any atom is 0.312 e. The molecule has 18 heavy (non-hydrogen) atoms. The zero-order chi connectivity index (χ0) is 13.1. The molecule has 0 saturated heterocycles. The minimum atomic E-state index is -1.00. The lowest BCUT2D eigenvalue weighted by Crippen LogP contribution is -1.99. The van der Waals surface area contributed by atoms with Crippen LogP contribution in [0.25, 0.3) is 11.5 Å². The van der Waals surface area contributed by atoms with Crippen LogP contribution in [-0.2, 0) is 11.2 Å². The summed E-state index contributed by atoms with van der Waals surface area (Å²) in [6.07, 6.45) is -0.276. The fourth-order valence-corrected chi connectivity index (χ4v) is 1.58. The molecular formula is C12H12N2O4. The number of carboxylic acid groups (broad SMARTS) is 1. The van der Waals surface area contributed by atoms with Gasteiger partial charge in [0.1, 0.15) is 12.2 Å². The maximum absolute atomic E-state index is 10.5. The number of benzene rings is 1. The van der Waals surface area contributed by atoms with E-state index in [0.29, 0.717) is 5.89 Å². The first-order chi connectivity index (χ1) is 8.60. The van der Waals surface area contributed by atoms with Crippen molar-refractivity contribution >= 4 is 5.97 Å². The Kier molecular flexibility index (Phi) is 3.27. The van der Waals surface area contributed by atoms with Crippen molar-refractivity contribution in [2.24, 2.45) is 0 Å². The van der Waals surface area contributed by atoms with Crippen molar-refractivity contribution in [3.63, 3.8) is 0 Å². The van der Waals surface area contributed by atoms with Gasteiger partial charge in [-0.2, -0.15) is 0 Å². The minimum Gasteiger partial charge on any atom is -0.496 e. The lowest BCUT2D eigenvalue weighted by Gasteiger charge is -2.04. The highest BCUT2D eigenvalue weighted by Crippen LogP contribution is 2.25. The highest BCUT2D eigenvalue weighted by Gasteiger charge is 2.12. The predicted molar refractivity (Wildman–Crippen MR) is 62.4 cm³/mol. The summed E-state index contributed by atoms with van der Waals surface area (Å²) >= 11 is 0. The fourth-order valence-electron chi connectivity index (χ4n) is 1.58. The van der Waals surface area contributed by atoms with Crippen LogP contribution in [0.2, 0.25) is 0 Å². The van der Waals surface area contributed by atoms with Crippen molar-refractivity contribution in [1.29, 1.82) is 0 Å². The molecule has 1 N–H and O–H groups in total. The molecule has 1 aromatic heterocycles. The number of hydrogen-bond acceptors (Lipinski definition) is 5. The quantitative estimate of drug-likeness (QED) is 0.885. The fraction of sp³-hybridized carbons (Fsp3) is 0.250. The molecule has 0 fully saturated rings. The Hall–Kier alpha value is -2.37. The molecule has 0 atom stereocenters. The Morgan fingerprint density at radius 2 is 2.22 bits per heavy atom. The second kappa shape index (κ2) is 4.87. The van der Waals surface area contributed by atoms with Crippen molar-refractivity contribution in [2.45, 2.75) is 13.3 Å². The summed E-state index contributed by atoms with van der Waals surface area (Å²) in [5, 5.41) is 16.1. The van der Waals surface area contributed by atoms with E-state index in [0.717, 1.165) is 16.9 Å². The predicted octanol–water partition coefficient (Wildman–Crippen LogP) is 1.68. The topological polar surface area (TPSA) is 85.5 Å². The Morgan fingerprint density at radius 3 is 2.83 bits per heavy atom. The van der Waals surface area contributed by atoms with E-state index in [2.05, 4.69) is 10.2 Å². The van der Waals surface area contributed by atoms with Crippen molar-refractivity contribution in [3.8, 4) is 17.2 Å². The zero-order valence-corrected chi connectivity index (χ0v) is 10.0. The number of rotatable bonds is 4. The highest BCUT2D eigenvalue weighted by molar-refractivity contribution is 5.68. The van der Waals surface area contributed by atoms with Crippen LogP contribution in [0.3, 0.4) is 0 Å². The van der Waals surface area contributed by atoms with E-state index < -0.39 is 5.97 Å². The first-order valence-electron chi connectivity index (χ1n) is 5.29. The zero-order valence-electron chi connectivity index (χ0n) is 10.0. The number of aliphatic carboxylic acids is 1. The van der Waals surface area contributed by atoms with Crippen molar-refractivity contribution in [2.75, 3.05) is 7.11 Å². The van der Waals surface area contributed by atoms with Gasteiger partial charge < -0.3 is 14.3 Å². The molecule has 0 radical (unpaired) electrons. The van der Waals surface area contributed by atoms with Crippen LogP contribution in [0.15, 0.2) is 22.6 Å². The number of hydrogen-bond donors (Lipinski definition) is 1. The molecule has 0 unspecified atom stereocenters. The molecule has 0 bridgehead atoms. The number of carboxylic acids is 1. The first kappa shape index (κ1) is 12.1. The molecule has 6 heteroatoms. The van der Waals surface area contributed by atoms with Crippen LogP contribution >= 0.6 is 0 Å². The monoisotopic (exact) mass is 248 g/mol. The van der Waals surface area contributed by atoms with E-state index in [1.165, 1.54) is 0 Å². The van der Waals surface area contributed by atoms with E-state index in [1.54, 1.807) is 19.2 Å². The highest BCUT2D eigenvalue weighted by atomic mass is 16.5. The van der Waals surface area contributed by atoms with Gasteiger partial charge in [-0.1, -0.05) is 0 Å². The third-order valence-electron chi connectivity index (χ3n) is 2.41. The Bertz CT molecular complexity index is 577. The molecule has 6 nitrogen and oxygen atoms in total. The number of carbonyl (C=O) groups is 1. The summed E-state index contributed by atoms with van der Waals surface area (Å²) < 4.78 is 10.4. The number of aromatic nitrogens is 2. The maximum atomic E-state index is 10.5. The van der Waals surface area contributed by atoms with Gasteiger partial charge in [-0.25, -0.2) is 0 Å². The van der Waals surface area contributed by atoms with Gasteiger partial charge in [0.25, 0.3) is 0 Å². The molecule has 2 aromatic rings. The van der Waals surface area contributed by atoms with E-state index in [9.17, 15) is 4.79 Å². The molecule has 0 spiro atoms. The summed E-state index contributed by atoms with van der Waals surface area (Å²) in [5.41, 5.74) is 1.67. The SMILES string of the molecule is COc1ccc(-c2nnc(CC(=O)O)o2)cc1C. The lowest BCUT2D eigenvalue weighted by atomic mass is 10.1. The van der Waals surface area contributed by atoms with Crippen molar-refractivity contribution < 1.29 is 19.1 Å². The molecule has 0 aliphatic rings. The second-order valence-electron chi connectivity index (χ2n) is 3.76. The number of ether oxygens (including phenoxy) is 1. The normalized spacial score (nSPS) is 10.3. The summed E-state index contributed by atoms with van der Waals surface area (Å²) in [5.74, 6) is 0.156. The smallest absolute Gasteiger partial charge is 0.312 e. The third kappa shape index (κ3) is 2.48. The minimum absolute atomic E-state index is 0.0889. The molecule has 0 aliphatic carbocycles. The van der Waals surface area contributed by atoms with Crippen LogP contribution < -0.4 is 4.74 Å². The van der Waals surface area contributed by atoms with Gasteiger partial charge in [-0.05, 0) is 30.7 Å². The number of aryl methyl sites for hydroxylation is 1. The molecular weight excluding hydrogens is 236 g/mol. The van der Waals surface area contributed by atoms with Crippen molar-refractivity contribution in [1.82, 2.24) is 10.2 Å². The average Bonchev–Trinajstić information content (AvgIpc) is 2.76. The summed E-state index contributed by atoms with van der Waals surface area (Å²) in [4.78, 5) is 10.5. The number of nitrogens with zero attached hydrogens (tertiary/aromatic N) is 2. The lowest BCUT2D eigenvalue weighted by molar-refractivity contribution is -0.136. The van der Waals surface area contributed by atoms with Gasteiger partial charge in [-0.3, -0.25) is 4.79 Å². The molecule has 1 heterocycles. The van der Waals surface area contributed by atoms with Crippen molar-refractivity contribution in [3.05, 3.63) is 29.7 Å². The first-order valence-corrected chi connectivity index (χ1v) is 5.29. The second-order valence-corrected chi connectivity index (χ2v) is 3.76. The van der Waals surface area contributed by atoms with Crippen LogP contribution in [0.4, 0.5) is 0 Å². The van der Waals surface area contributed by atoms with E-state index in [-0.39, 0.29) is 12.3 Å². The summed E-state index contributed by atoms with van der Waals surface area (Å²) in [6.45, 7) is 1.90. The summed E-state index contributed by atoms with van der Waals surface area (Å²) in [6, 6.07) is 5.42. The third-order valence-corrected chi connectivity index (χ3v) is 2.41. The van der Waals surface area contributed by atoms with Gasteiger partial charge in [0.15, 0.2) is 0 Å². The largest absolute Gasteiger partial charge is 0.496 e. The summed E-state index contributed by atoms with van der Waals surface area (Å²) in [7, 11) is 1.60. The molecule has 0 saturated carbocycles. The van der Waals surface area contributed by atoms with Crippen LogP contribution in [-0.4, -0.2) is 28.4 Å². The Balaban J connectivity index is 2.28. The van der Waals surface area contributed by atoms with Crippen LogP contribution in [0.5, 0.6) is 5.75 Å². The Labute approximate surface area is 103 Å². The Morgan fingerprint density at radius 1 is 1.44 bits per heavy atom. The average molecular weight is 248 g/mol. The van der Waals surface area contributed by atoms with Gasteiger partial charge in [-0.15, -0.1) is 10.2 Å². The number of methoxy groups -OCH3 is 1. The van der Waals surface area contributed by atoms with Gasteiger partial charge in [0.2, 0.25) is 11.8 Å². The molecule has 2 rings (SSSR count). The van der Waals surface area contributed by atoms with Gasteiger partial charge in [0, 0.05) is 5.56 Å². The van der Waals surface area contributed by atoms with E-state index in [4.69, 9.17) is 14.3 Å². The van der Waals surface area contributed by atoms with E-state index >= 15 is 0 Å². The molecule has 94 valence electrons. The van der Waals surface area contributed by atoms with E-state index in [1.807, 2.05) is 13.0 Å². The van der Waals surface area contributed by atoms with Crippen LogP contribution in [0.1, 0.15) is 11.5 Å². The van der Waals surface area contributed by atoms with Gasteiger partial charge in [0.05, 0.1) is 7.11 Å². The van der Waals surface area contributed by atoms with Gasteiger partial charge >= 0.3 is 5.97 Å². The molecule has 0 aliphatic heterocycles. The standard InChI is InChI=1S/C12H12N2O4/c1-7-5-8(3-4-9(7)17-2)12-14-13-10(18-12)6-11(15)16/h3-5H,6H2,1-2H3,(H,15,16). The van der Waals surface area contributed by atoms with Crippen LogP contribution in [0, 0.1) is 6.92 Å². The molecule has 0 amide bonds. The molecule has 1 aromatic carbocycles.